The van der Waals surface area contributed by atoms with Crippen LogP contribution >= 0.6 is 0 Å². The Morgan fingerprint density at radius 1 is 0.288 bits per heavy atom. The SMILES string of the molecule is CCCCCCCCCCCCCCCCCCC1=C2CCC(C1)C2.CCCCCCCCCCCCCCCCCCCCC1=C2CCC(C1)C2. The van der Waals surface area contributed by atoms with Crippen molar-refractivity contribution in [2.24, 2.45) is 11.8 Å². The van der Waals surface area contributed by atoms with E-state index in [4.69, 9.17) is 0 Å². The molecule has 0 N–H and O–H groups in total. The van der Waals surface area contributed by atoms with Crippen LogP contribution in [0.15, 0.2) is 22.3 Å². The average molecular weight is 721 g/mol. The molecule has 4 bridgehead atoms. The summed E-state index contributed by atoms with van der Waals surface area (Å²) < 4.78 is 0. The number of rotatable bonds is 36. The smallest absolute Gasteiger partial charge is 0.0286 e. The lowest BCUT2D eigenvalue weighted by atomic mass is 9.95. The minimum atomic E-state index is 1.07. The van der Waals surface area contributed by atoms with Gasteiger partial charge in [-0.2, -0.15) is 0 Å². The van der Waals surface area contributed by atoms with Crippen molar-refractivity contribution in [1.82, 2.24) is 0 Å². The molecule has 0 aromatic rings. The molecule has 2 unspecified atom stereocenters. The molecule has 0 saturated heterocycles. The Morgan fingerprint density at radius 3 is 0.712 bits per heavy atom. The summed E-state index contributed by atoms with van der Waals surface area (Å²) in [5, 5.41) is 0. The van der Waals surface area contributed by atoms with Crippen molar-refractivity contribution >= 4 is 0 Å². The number of hydrogen-bond acceptors (Lipinski definition) is 0. The molecular weight excluding hydrogens is 625 g/mol. The fourth-order valence-corrected chi connectivity index (χ4v) is 10.5. The summed E-state index contributed by atoms with van der Waals surface area (Å²) >= 11 is 0. The molecule has 4 aliphatic carbocycles. The Bertz CT molecular complexity index is 872. The van der Waals surface area contributed by atoms with E-state index in [9.17, 15) is 0 Å². The van der Waals surface area contributed by atoms with Gasteiger partial charge in [0.05, 0.1) is 0 Å². The standard InChI is InChI=1S/C27H50.C25H46/c1-2-3-4-5-6-7-8-9-10-11-12-13-14-15-16-17-18-19-20-26-23-25-21-22-27(26)24-25;1-2-3-4-5-6-7-8-9-10-11-12-13-14-15-16-17-18-24-21-23-19-20-25(24)22-23/h25H,2-24H2,1H3;23H,2-22H2,1H3. The summed E-state index contributed by atoms with van der Waals surface area (Å²) in [5.41, 5.74) is 7.54. The molecule has 4 aliphatic rings. The molecule has 0 heteroatoms. The maximum Gasteiger partial charge on any atom is -0.0286 e. The Morgan fingerprint density at radius 2 is 0.519 bits per heavy atom. The Labute approximate surface area is 329 Å². The third-order valence-electron chi connectivity index (χ3n) is 14.0. The lowest BCUT2D eigenvalue weighted by molar-refractivity contribution is 0.521. The zero-order valence-corrected chi connectivity index (χ0v) is 36.3. The summed E-state index contributed by atoms with van der Waals surface area (Å²) in [6, 6.07) is 0. The lowest BCUT2D eigenvalue weighted by Gasteiger charge is -2.11. The van der Waals surface area contributed by atoms with Crippen molar-refractivity contribution in [3.05, 3.63) is 22.3 Å². The minimum absolute atomic E-state index is 1.07. The molecule has 0 aliphatic heterocycles. The third-order valence-corrected chi connectivity index (χ3v) is 14.0. The maximum absolute atomic E-state index is 2.30. The lowest BCUT2D eigenvalue weighted by Crippen LogP contribution is -1.94. The van der Waals surface area contributed by atoms with Crippen molar-refractivity contribution < 1.29 is 0 Å². The van der Waals surface area contributed by atoms with Gasteiger partial charge in [0.1, 0.15) is 0 Å². The van der Waals surface area contributed by atoms with Gasteiger partial charge in [0, 0.05) is 0 Å². The maximum atomic E-state index is 2.30. The molecule has 0 spiro atoms. The molecule has 0 aromatic carbocycles. The summed E-state index contributed by atoms with van der Waals surface area (Å²) in [7, 11) is 0. The first-order valence-electron chi connectivity index (χ1n) is 25.2. The van der Waals surface area contributed by atoms with Gasteiger partial charge < -0.3 is 0 Å². The molecule has 0 aromatic heterocycles. The largest absolute Gasteiger partial charge is 0.0707 e. The molecule has 0 nitrogen and oxygen atoms in total. The zero-order chi connectivity index (χ0) is 36.6. The normalized spacial score (nSPS) is 19.0. The van der Waals surface area contributed by atoms with E-state index in [1.54, 1.807) is 0 Å². The third kappa shape index (κ3) is 22.8. The van der Waals surface area contributed by atoms with Crippen molar-refractivity contribution in [3.8, 4) is 0 Å². The number of unbranched alkanes of at least 4 members (excludes halogenated alkanes) is 32. The molecule has 0 heterocycles. The van der Waals surface area contributed by atoms with Crippen LogP contribution in [0.2, 0.25) is 0 Å². The second kappa shape index (κ2) is 32.7. The van der Waals surface area contributed by atoms with Crippen LogP contribution in [0.4, 0.5) is 0 Å². The van der Waals surface area contributed by atoms with Crippen LogP contribution in [0, 0.1) is 11.8 Å². The highest BCUT2D eigenvalue weighted by Crippen LogP contribution is 2.46. The first kappa shape index (κ1) is 45.9. The summed E-state index contributed by atoms with van der Waals surface area (Å²) in [6.45, 7) is 4.61. The monoisotopic (exact) mass is 721 g/mol. The number of allylic oxidation sites excluding steroid dienone is 4. The van der Waals surface area contributed by atoms with E-state index in [1.807, 2.05) is 22.3 Å². The van der Waals surface area contributed by atoms with Gasteiger partial charge >= 0.3 is 0 Å². The second-order valence-electron chi connectivity index (χ2n) is 18.9. The molecule has 52 heavy (non-hydrogen) atoms. The van der Waals surface area contributed by atoms with Crippen LogP contribution in [-0.4, -0.2) is 0 Å². The first-order valence-corrected chi connectivity index (χ1v) is 25.2. The van der Waals surface area contributed by atoms with Gasteiger partial charge in [-0.05, 0) is 88.9 Å². The first-order chi connectivity index (χ1) is 25.8. The predicted molar refractivity (Wildman–Crippen MR) is 236 cm³/mol. The van der Waals surface area contributed by atoms with Gasteiger partial charge in [-0.25, -0.2) is 0 Å². The average Bonchev–Trinajstić information content (AvgIpc) is 3.99. The van der Waals surface area contributed by atoms with Crippen molar-refractivity contribution in [1.29, 1.82) is 0 Å². The highest BCUT2D eigenvalue weighted by atomic mass is 14.4. The molecule has 4 rings (SSSR count). The zero-order valence-electron chi connectivity index (χ0n) is 36.3. The topological polar surface area (TPSA) is 0 Å². The van der Waals surface area contributed by atoms with Crippen LogP contribution < -0.4 is 0 Å². The summed E-state index contributed by atoms with van der Waals surface area (Å²) in [6.07, 6.45) is 65.0. The quantitative estimate of drug-likeness (QED) is 0.0446. The fourth-order valence-electron chi connectivity index (χ4n) is 10.5. The van der Waals surface area contributed by atoms with E-state index in [0.717, 1.165) is 11.8 Å². The van der Waals surface area contributed by atoms with Gasteiger partial charge in [0.25, 0.3) is 0 Å². The van der Waals surface area contributed by atoms with Crippen molar-refractivity contribution in [2.75, 3.05) is 0 Å². The van der Waals surface area contributed by atoms with E-state index >= 15 is 0 Å². The van der Waals surface area contributed by atoms with Gasteiger partial charge in [0.15, 0.2) is 0 Å². The van der Waals surface area contributed by atoms with E-state index < -0.39 is 0 Å². The van der Waals surface area contributed by atoms with Crippen LogP contribution in [0.5, 0.6) is 0 Å². The van der Waals surface area contributed by atoms with E-state index in [1.165, 1.54) is 283 Å². The van der Waals surface area contributed by atoms with Gasteiger partial charge in [0.2, 0.25) is 0 Å². The summed E-state index contributed by atoms with van der Waals surface area (Å²) in [5.74, 6) is 2.15. The van der Waals surface area contributed by atoms with Crippen LogP contribution in [0.1, 0.15) is 296 Å². The second-order valence-corrected chi connectivity index (χ2v) is 18.9. The minimum Gasteiger partial charge on any atom is -0.0707 e. The van der Waals surface area contributed by atoms with Crippen LogP contribution in [-0.2, 0) is 0 Å². The highest BCUT2D eigenvalue weighted by Gasteiger charge is 2.30. The molecule has 0 amide bonds. The molecule has 304 valence electrons. The van der Waals surface area contributed by atoms with E-state index in [0.29, 0.717) is 0 Å². The van der Waals surface area contributed by atoms with Crippen molar-refractivity contribution in [3.63, 3.8) is 0 Å². The van der Waals surface area contributed by atoms with E-state index in [-0.39, 0.29) is 0 Å². The number of hydrogen-bond donors (Lipinski definition) is 0. The molecule has 2 fully saturated rings. The van der Waals surface area contributed by atoms with Crippen LogP contribution in [0.25, 0.3) is 0 Å². The Balaban J connectivity index is 0.000000281. The van der Waals surface area contributed by atoms with Crippen molar-refractivity contribution in [2.45, 2.75) is 296 Å². The Kier molecular flexibility index (Phi) is 28.8. The van der Waals surface area contributed by atoms with E-state index in [2.05, 4.69) is 13.8 Å². The summed E-state index contributed by atoms with van der Waals surface area (Å²) in [4.78, 5) is 0. The Hall–Kier alpha value is -0.520. The number of fused-ring (bicyclic) bond motifs is 4. The molecule has 0 radical (unpaired) electrons. The molecule has 2 atom stereocenters. The van der Waals surface area contributed by atoms with Gasteiger partial charge in [-0.3, -0.25) is 0 Å². The van der Waals surface area contributed by atoms with Crippen LogP contribution in [0.3, 0.4) is 0 Å². The molecular formula is C52H96. The fraction of sp³-hybridized carbons (Fsp3) is 0.923. The highest BCUT2D eigenvalue weighted by molar-refractivity contribution is 5.26. The predicted octanol–water partition coefficient (Wildman–Crippen LogP) is 19.1. The van der Waals surface area contributed by atoms with Gasteiger partial charge in [-0.1, -0.05) is 242 Å². The molecule has 2 saturated carbocycles. The van der Waals surface area contributed by atoms with Gasteiger partial charge in [-0.15, -0.1) is 0 Å².